The van der Waals surface area contributed by atoms with Crippen LogP contribution < -0.4 is 5.32 Å². The summed E-state index contributed by atoms with van der Waals surface area (Å²) in [6.07, 6.45) is 3.64. The summed E-state index contributed by atoms with van der Waals surface area (Å²) in [6.45, 7) is 2.85. The van der Waals surface area contributed by atoms with E-state index in [-0.39, 0.29) is 24.5 Å². The van der Waals surface area contributed by atoms with E-state index in [2.05, 4.69) is 5.32 Å². The van der Waals surface area contributed by atoms with Crippen LogP contribution in [0.5, 0.6) is 0 Å². The number of aliphatic hydroxyl groups excluding tert-OH is 1. The lowest BCUT2D eigenvalue weighted by molar-refractivity contribution is 0.131. The molecule has 116 valence electrons. The molecule has 0 radical (unpaired) electrons. The average Bonchev–Trinajstić information content (AvgIpc) is 2.49. The number of nitrogens with zero attached hydrogens (tertiary/aromatic N) is 1. The van der Waals surface area contributed by atoms with Crippen molar-refractivity contribution >= 4 is 6.03 Å². The number of aliphatic hydroxyl groups is 1. The van der Waals surface area contributed by atoms with E-state index in [1.165, 1.54) is 6.07 Å². The third-order valence-corrected chi connectivity index (χ3v) is 4.03. The van der Waals surface area contributed by atoms with Crippen LogP contribution in [0.3, 0.4) is 0 Å². The first-order valence-electron chi connectivity index (χ1n) is 7.52. The number of halogens is 1. The van der Waals surface area contributed by atoms with E-state index in [1.54, 1.807) is 17.9 Å². The second kappa shape index (κ2) is 7.41. The Kier molecular flexibility index (Phi) is 5.56. The van der Waals surface area contributed by atoms with Gasteiger partial charge in [-0.15, -0.1) is 0 Å². The Morgan fingerprint density at radius 3 is 3.00 bits per heavy atom. The molecule has 5 heteroatoms. The van der Waals surface area contributed by atoms with E-state index in [0.29, 0.717) is 18.5 Å². The minimum atomic E-state index is -0.252. The highest BCUT2D eigenvalue weighted by molar-refractivity contribution is 5.74. The molecule has 1 heterocycles. The molecule has 1 atom stereocenters. The number of piperidine rings is 1. The average molecular weight is 294 g/mol. The van der Waals surface area contributed by atoms with Gasteiger partial charge in [-0.2, -0.15) is 0 Å². The number of rotatable bonds is 4. The maximum absolute atomic E-state index is 13.5. The van der Waals surface area contributed by atoms with Crippen LogP contribution in [-0.4, -0.2) is 35.2 Å². The summed E-state index contributed by atoms with van der Waals surface area (Å²) >= 11 is 0. The zero-order valence-electron chi connectivity index (χ0n) is 12.4. The number of hydrogen-bond acceptors (Lipinski definition) is 2. The van der Waals surface area contributed by atoms with Crippen LogP contribution in [0.25, 0.3) is 0 Å². The van der Waals surface area contributed by atoms with Gasteiger partial charge in [-0.05, 0) is 49.8 Å². The third kappa shape index (κ3) is 4.17. The predicted molar refractivity (Wildman–Crippen MR) is 79.4 cm³/mol. The van der Waals surface area contributed by atoms with E-state index in [9.17, 15) is 9.18 Å². The molecule has 0 spiro atoms. The monoisotopic (exact) mass is 294 g/mol. The van der Waals surface area contributed by atoms with Gasteiger partial charge in [0.25, 0.3) is 0 Å². The third-order valence-electron chi connectivity index (χ3n) is 4.03. The first kappa shape index (κ1) is 15.8. The van der Waals surface area contributed by atoms with Crippen molar-refractivity contribution in [2.45, 2.75) is 45.2 Å². The second-order valence-electron chi connectivity index (χ2n) is 5.60. The van der Waals surface area contributed by atoms with E-state index < -0.39 is 0 Å². The van der Waals surface area contributed by atoms with Crippen molar-refractivity contribution < 1.29 is 14.3 Å². The number of amides is 2. The number of urea groups is 1. The quantitative estimate of drug-likeness (QED) is 0.897. The van der Waals surface area contributed by atoms with Crippen LogP contribution in [0.1, 0.15) is 36.8 Å². The molecular weight excluding hydrogens is 271 g/mol. The lowest BCUT2D eigenvalue weighted by Crippen LogP contribution is -2.48. The Balaban J connectivity index is 1.92. The number of benzene rings is 1. The van der Waals surface area contributed by atoms with Crippen molar-refractivity contribution in [1.29, 1.82) is 0 Å². The van der Waals surface area contributed by atoms with Crippen LogP contribution in [0.2, 0.25) is 0 Å². The molecule has 1 aromatic rings. The second-order valence-corrected chi connectivity index (χ2v) is 5.60. The van der Waals surface area contributed by atoms with Gasteiger partial charge < -0.3 is 15.3 Å². The number of hydrogen-bond donors (Lipinski definition) is 2. The van der Waals surface area contributed by atoms with Crippen LogP contribution >= 0.6 is 0 Å². The fourth-order valence-corrected chi connectivity index (χ4v) is 2.74. The van der Waals surface area contributed by atoms with Gasteiger partial charge in [0.15, 0.2) is 0 Å². The molecule has 1 aliphatic heterocycles. The van der Waals surface area contributed by atoms with Crippen LogP contribution in [-0.2, 0) is 6.54 Å². The number of aryl methyl sites for hydroxylation is 1. The maximum Gasteiger partial charge on any atom is 0.317 e. The smallest absolute Gasteiger partial charge is 0.317 e. The molecule has 21 heavy (non-hydrogen) atoms. The molecular formula is C16H23FN2O2. The zero-order chi connectivity index (χ0) is 15.2. The number of likely N-dealkylation sites (tertiary alicyclic amines) is 1. The highest BCUT2D eigenvalue weighted by atomic mass is 19.1. The molecule has 1 unspecified atom stereocenters. The lowest BCUT2D eigenvalue weighted by Gasteiger charge is -2.35. The van der Waals surface area contributed by atoms with Crippen LogP contribution in [0.4, 0.5) is 9.18 Å². The Bertz CT molecular complexity index is 491. The van der Waals surface area contributed by atoms with E-state index in [0.717, 1.165) is 31.4 Å². The summed E-state index contributed by atoms with van der Waals surface area (Å²) in [5, 5.41) is 11.9. The highest BCUT2D eigenvalue weighted by Gasteiger charge is 2.25. The van der Waals surface area contributed by atoms with E-state index in [4.69, 9.17) is 5.11 Å². The van der Waals surface area contributed by atoms with Crippen LogP contribution in [0.15, 0.2) is 18.2 Å². The minimum absolute atomic E-state index is 0.0949. The fraction of sp³-hybridized carbons (Fsp3) is 0.562. The SMILES string of the molecule is Cc1ccc(CNC(=O)N2CCCCC2CCO)cc1F. The van der Waals surface area contributed by atoms with Gasteiger partial charge in [0, 0.05) is 25.7 Å². The van der Waals surface area contributed by atoms with Crippen molar-refractivity contribution in [1.82, 2.24) is 10.2 Å². The van der Waals surface area contributed by atoms with Crippen LogP contribution in [0, 0.1) is 12.7 Å². The van der Waals surface area contributed by atoms with E-state index in [1.807, 2.05) is 6.07 Å². The predicted octanol–water partition coefficient (Wildman–Crippen LogP) is 2.58. The standard InChI is InChI=1S/C16H23FN2O2/c1-12-5-6-13(10-15(12)17)11-18-16(21)19-8-3-2-4-14(19)7-9-20/h5-6,10,14,20H,2-4,7-9,11H2,1H3,(H,18,21). The molecule has 4 nitrogen and oxygen atoms in total. The highest BCUT2D eigenvalue weighted by Crippen LogP contribution is 2.19. The van der Waals surface area contributed by atoms with Crippen molar-refractivity contribution in [2.24, 2.45) is 0 Å². The molecule has 1 fully saturated rings. The normalized spacial score (nSPS) is 18.6. The van der Waals surface area contributed by atoms with Crippen molar-refractivity contribution in [3.8, 4) is 0 Å². The summed E-state index contributed by atoms with van der Waals surface area (Å²) in [5.41, 5.74) is 1.35. The Labute approximate surface area is 125 Å². The first-order chi connectivity index (χ1) is 10.1. The molecule has 0 saturated carbocycles. The molecule has 2 rings (SSSR count). The summed E-state index contributed by atoms with van der Waals surface area (Å²) in [6, 6.07) is 4.97. The van der Waals surface area contributed by atoms with Gasteiger partial charge in [-0.3, -0.25) is 0 Å². The first-order valence-corrected chi connectivity index (χ1v) is 7.52. The van der Waals surface area contributed by atoms with Gasteiger partial charge in [-0.25, -0.2) is 9.18 Å². The molecule has 0 aliphatic carbocycles. The Morgan fingerprint density at radius 1 is 1.48 bits per heavy atom. The van der Waals surface area contributed by atoms with Crippen molar-refractivity contribution in [3.05, 3.63) is 35.1 Å². The summed E-state index contributed by atoms with van der Waals surface area (Å²) < 4.78 is 13.5. The fourth-order valence-electron chi connectivity index (χ4n) is 2.74. The van der Waals surface area contributed by atoms with Gasteiger partial charge >= 0.3 is 6.03 Å². The summed E-state index contributed by atoms with van der Waals surface area (Å²) in [5.74, 6) is -0.252. The number of nitrogens with one attached hydrogen (secondary N) is 1. The molecule has 1 saturated heterocycles. The zero-order valence-corrected chi connectivity index (χ0v) is 12.4. The Morgan fingerprint density at radius 2 is 2.29 bits per heavy atom. The Hall–Kier alpha value is -1.62. The van der Waals surface area contributed by atoms with Crippen molar-refractivity contribution in [2.75, 3.05) is 13.2 Å². The summed E-state index contributed by atoms with van der Waals surface area (Å²) in [7, 11) is 0. The molecule has 1 aliphatic rings. The maximum atomic E-state index is 13.5. The minimum Gasteiger partial charge on any atom is -0.396 e. The van der Waals surface area contributed by atoms with Gasteiger partial charge in [0.2, 0.25) is 0 Å². The largest absolute Gasteiger partial charge is 0.396 e. The topological polar surface area (TPSA) is 52.6 Å². The molecule has 0 bridgehead atoms. The number of carbonyl (C=O) groups is 1. The molecule has 2 N–H and O–H groups in total. The lowest BCUT2D eigenvalue weighted by atomic mass is 10.0. The van der Waals surface area contributed by atoms with E-state index >= 15 is 0 Å². The molecule has 1 aromatic carbocycles. The molecule has 0 aromatic heterocycles. The summed E-state index contributed by atoms with van der Waals surface area (Å²) in [4.78, 5) is 14.0. The van der Waals surface area contributed by atoms with Gasteiger partial charge in [-0.1, -0.05) is 12.1 Å². The van der Waals surface area contributed by atoms with Gasteiger partial charge in [0.1, 0.15) is 5.82 Å². The van der Waals surface area contributed by atoms with Crippen molar-refractivity contribution in [3.63, 3.8) is 0 Å². The molecule has 2 amide bonds. The van der Waals surface area contributed by atoms with Gasteiger partial charge in [0.05, 0.1) is 0 Å². The number of carbonyl (C=O) groups excluding carboxylic acids is 1.